The van der Waals surface area contributed by atoms with Gasteiger partial charge in [-0.3, -0.25) is 18.6 Å². The van der Waals surface area contributed by atoms with Crippen molar-refractivity contribution in [3.8, 4) is 0 Å². The van der Waals surface area contributed by atoms with E-state index < -0.39 is 26.5 Å². The zero-order valence-corrected chi connectivity index (χ0v) is 40.8. The predicted octanol–water partition coefficient (Wildman–Crippen LogP) is 16.8. The fourth-order valence-electron chi connectivity index (χ4n) is 7.77. The predicted molar refractivity (Wildman–Crippen MR) is 253 cm³/mol. The van der Waals surface area contributed by atoms with Gasteiger partial charge in [0, 0.05) is 20.0 Å². The second kappa shape index (κ2) is 47.3. The average molecular weight is 871 g/mol. The van der Waals surface area contributed by atoms with Crippen LogP contribution < -0.4 is 0 Å². The zero-order valence-electron chi connectivity index (χ0n) is 39.9. The molecule has 0 radical (unpaired) electrons. The third kappa shape index (κ3) is 46.3. The maximum Gasteiger partial charge on any atom is 0.472 e. The summed E-state index contributed by atoms with van der Waals surface area (Å²) in [6, 6.07) is 0. The van der Waals surface area contributed by atoms with Crippen molar-refractivity contribution in [2.45, 2.75) is 283 Å². The number of phosphoric acid groups is 1. The van der Waals surface area contributed by atoms with Gasteiger partial charge in [0.25, 0.3) is 0 Å². The minimum absolute atomic E-state index is 0.220. The second-order valence-electron chi connectivity index (χ2n) is 17.7. The molecular formula is C51H99O8P. The normalized spacial score (nSPS) is 13.2. The van der Waals surface area contributed by atoms with E-state index in [0.717, 1.165) is 45.6 Å². The van der Waals surface area contributed by atoms with Crippen LogP contribution in [-0.4, -0.2) is 43.3 Å². The van der Waals surface area contributed by atoms with Gasteiger partial charge >= 0.3 is 19.8 Å². The van der Waals surface area contributed by atoms with Crippen LogP contribution in [0.1, 0.15) is 277 Å². The Kier molecular flexibility index (Phi) is 46.3. The van der Waals surface area contributed by atoms with Gasteiger partial charge in [0.2, 0.25) is 0 Å². The Labute approximate surface area is 371 Å². The molecule has 0 aliphatic rings. The summed E-state index contributed by atoms with van der Waals surface area (Å²) in [7, 11) is -3.19. The monoisotopic (exact) mass is 871 g/mol. The number of hydrogen-bond acceptors (Lipinski definition) is 7. The Morgan fingerprint density at radius 3 is 1.08 bits per heavy atom. The number of ether oxygens (including phenoxy) is 2. The molecule has 0 saturated heterocycles. The Morgan fingerprint density at radius 1 is 0.450 bits per heavy atom. The number of allylic oxidation sites excluding steroid dienone is 2. The molecule has 0 aliphatic carbocycles. The number of hydrogen-bond donors (Lipinski definition) is 1. The highest BCUT2D eigenvalue weighted by Gasteiger charge is 2.24. The Hall–Kier alpha value is -1.21. The Morgan fingerprint density at radius 2 is 0.750 bits per heavy atom. The van der Waals surface area contributed by atoms with Crippen LogP contribution in [0.3, 0.4) is 0 Å². The molecule has 0 aromatic heterocycles. The van der Waals surface area contributed by atoms with E-state index in [1.165, 1.54) is 205 Å². The lowest BCUT2D eigenvalue weighted by Gasteiger charge is -2.19. The second-order valence-corrected chi connectivity index (χ2v) is 19.2. The number of phosphoric ester groups is 1. The van der Waals surface area contributed by atoms with Crippen molar-refractivity contribution in [1.82, 2.24) is 0 Å². The lowest BCUT2D eigenvalue weighted by atomic mass is 10.0. The summed E-state index contributed by atoms with van der Waals surface area (Å²) in [5, 5.41) is 0. The van der Waals surface area contributed by atoms with Crippen molar-refractivity contribution in [3.63, 3.8) is 0 Å². The van der Waals surface area contributed by atoms with Gasteiger partial charge in [0.05, 0.1) is 6.61 Å². The van der Waals surface area contributed by atoms with E-state index in [2.05, 4.69) is 30.5 Å². The standard InChI is InChI=1S/C51H99O8P/c1-4-6-8-10-12-14-16-18-20-22-24-25-26-27-28-30-31-33-35-37-39-41-43-45-50(52)57-47-49(48-58-60(54,55)56-3)59-51(53)46-44-42-40-38-36-34-32-29-23-21-19-17-15-13-11-9-7-5-2/h21,23,49H,4-20,22,24-48H2,1-3H3,(H,54,55)/b23-21-. The van der Waals surface area contributed by atoms with E-state index in [-0.39, 0.29) is 19.0 Å². The van der Waals surface area contributed by atoms with E-state index in [4.69, 9.17) is 14.0 Å². The number of esters is 2. The number of rotatable bonds is 49. The fourth-order valence-corrected chi connectivity index (χ4v) is 8.23. The largest absolute Gasteiger partial charge is 0.472 e. The molecule has 0 fully saturated rings. The van der Waals surface area contributed by atoms with E-state index >= 15 is 0 Å². The summed E-state index contributed by atoms with van der Waals surface area (Å²) < 4.78 is 32.1. The first-order chi connectivity index (χ1) is 29.3. The van der Waals surface area contributed by atoms with E-state index in [1.54, 1.807) is 0 Å². The van der Waals surface area contributed by atoms with Gasteiger partial charge < -0.3 is 14.4 Å². The van der Waals surface area contributed by atoms with Crippen LogP contribution in [0.4, 0.5) is 0 Å². The summed E-state index contributed by atoms with van der Waals surface area (Å²) in [6.45, 7) is 3.94. The highest BCUT2D eigenvalue weighted by atomic mass is 31.2. The van der Waals surface area contributed by atoms with E-state index in [9.17, 15) is 19.0 Å². The lowest BCUT2D eigenvalue weighted by molar-refractivity contribution is -0.161. The molecule has 0 aliphatic heterocycles. The number of unbranched alkanes of at least 4 members (excludes halogenated alkanes) is 36. The van der Waals surface area contributed by atoms with E-state index in [1.807, 2.05) is 0 Å². The first-order valence-electron chi connectivity index (χ1n) is 25.9. The minimum Gasteiger partial charge on any atom is -0.462 e. The third-order valence-corrected chi connectivity index (χ3v) is 12.7. The van der Waals surface area contributed by atoms with Crippen molar-refractivity contribution >= 4 is 19.8 Å². The van der Waals surface area contributed by atoms with Crippen molar-refractivity contribution in [2.75, 3.05) is 20.3 Å². The van der Waals surface area contributed by atoms with Crippen molar-refractivity contribution in [1.29, 1.82) is 0 Å². The van der Waals surface area contributed by atoms with E-state index in [0.29, 0.717) is 12.8 Å². The molecule has 0 saturated carbocycles. The minimum atomic E-state index is -4.26. The summed E-state index contributed by atoms with van der Waals surface area (Å²) in [6.07, 6.45) is 54.2. The van der Waals surface area contributed by atoms with Crippen LogP contribution in [0.15, 0.2) is 12.2 Å². The molecule has 2 unspecified atom stereocenters. The molecular weight excluding hydrogens is 772 g/mol. The van der Waals surface area contributed by atoms with Gasteiger partial charge in [-0.2, -0.15) is 0 Å². The molecule has 356 valence electrons. The Balaban J connectivity index is 3.84. The number of carbonyl (C=O) groups excluding carboxylic acids is 2. The third-order valence-electron chi connectivity index (χ3n) is 11.8. The summed E-state index contributed by atoms with van der Waals surface area (Å²) in [5.41, 5.74) is 0. The van der Waals surface area contributed by atoms with Crippen LogP contribution in [0, 0.1) is 0 Å². The van der Waals surface area contributed by atoms with Gasteiger partial charge in [0.1, 0.15) is 6.61 Å². The summed E-state index contributed by atoms with van der Waals surface area (Å²) in [5.74, 6) is -0.791. The van der Waals surface area contributed by atoms with Crippen molar-refractivity contribution in [2.24, 2.45) is 0 Å². The first kappa shape index (κ1) is 58.8. The SMILES string of the molecule is CCCCCCCCC/C=C\CCCCCCCCCC(=O)OC(COC(=O)CCCCCCCCCCCCCCCCCCCCCCCCC)COP(=O)(O)OC. The van der Waals surface area contributed by atoms with Crippen LogP contribution in [0.5, 0.6) is 0 Å². The zero-order chi connectivity index (χ0) is 43.9. The quantitative estimate of drug-likeness (QED) is 0.0279. The van der Waals surface area contributed by atoms with Gasteiger partial charge in [0.15, 0.2) is 6.10 Å². The van der Waals surface area contributed by atoms with Gasteiger partial charge in [-0.25, -0.2) is 4.57 Å². The molecule has 0 aromatic carbocycles. The Bertz CT molecular complexity index is 988. The highest BCUT2D eigenvalue weighted by Crippen LogP contribution is 2.42. The molecule has 1 N–H and O–H groups in total. The molecule has 0 spiro atoms. The van der Waals surface area contributed by atoms with Crippen molar-refractivity contribution in [3.05, 3.63) is 12.2 Å². The van der Waals surface area contributed by atoms with Crippen LogP contribution in [0.2, 0.25) is 0 Å². The molecule has 2 atom stereocenters. The molecule has 0 amide bonds. The van der Waals surface area contributed by atoms with Crippen molar-refractivity contribution < 1.29 is 37.6 Å². The summed E-state index contributed by atoms with van der Waals surface area (Å²) >= 11 is 0. The van der Waals surface area contributed by atoms with Crippen LogP contribution in [-0.2, 0) is 32.7 Å². The number of carbonyl (C=O) groups is 2. The average Bonchev–Trinajstić information content (AvgIpc) is 3.24. The van der Waals surface area contributed by atoms with Crippen LogP contribution in [0.25, 0.3) is 0 Å². The molecule has 0 heterocycles. The highest BCUT2D eigenvalue weighted by molar-refractivity contribution is 7.47. The molecule has 0 bridgehead atoms. The lowest BCUT2D eigenvalue weighted by Crippen LogP contribution is -2.29. The van der Waals surface area contributed by atoms with Gasteiger partial charge in [-0.15, -0.1) is 0 Å². The summed E-state index contributed by atoms with van der Waals surface area (Å²) in [4.78, 5) is 34.6. The smallest absolute Gasteiger partial charge is 0.462 e. The van der Waals surface area contributed by atoms with Gasteiger partial charge in [-0.05, 0) is 38.5 Å². The topological polar surface area (TPSA) is 108 Å². The molecule has 8 nitrogen and oxygen atoms in total. The van der Waals surface area contributed by atoms with Gasteiger partial charge in [-0.1, -0.05) is 238 Å². The maximum absolute atomic E-state index is 12.6. The molecule has 0 aromatic rings. The fraction of sp³-hybridized carbons (Fsp3) is 0.922. The molecule has 60 heavy (non-hydrogen) atoms. The first-order valence-corrected chi connectivity index (χ1v) is 27.4. The molecule has 9 heteroatoms. The van der Waals surface area contributed by atoms with Crippen LogP contribution >= 0.6 is 7.82 Å². The maximum atomic E-state index is 12.6. The molecule has 0 rings (SSSR count).